The zero-order valence-electron chi connectivity index (χ0n) is 12.3. The van der Waals surface area contributed by atoms with Gasteiger partial charge in [-0.15, -0.1) is 10.2 Å². The second-order valence-electron chi connectivity index (χ2n) is 4.77. The highest BCUT2D eigenvalue weighted by Crippen LogP contribution is 2.24. The van der Waals surface area contributed by atoms with Gasteiger partial charge in [0.1, 0.15) is 5.75 Å². The van der Waals surface area contributed by atoms with E-state index in [0.29, 0.717) is 16.8 Å². The van der Waals surface area contributed by atoms with Crippen molar-refractivity contribution >= 4 is 39.3 Å². The van der Waals surface area contributed by atoms with Crippen molar-refractivity contribution in [2.24, 2.45) is 0 Å². The van der Waals surface area contributed by atoms with Gasteiger partial charge in [0.15, 0.2) is 0 Å². The van der Waals surface area contributed by atoms with E-state index in [4.69, 9.17) is 4.42 Å². The molecular weight excluding hydrogens is 394 g/mol. The van der Waals surface area contributed by atoms with E-state index in [-0.39, 0.29) is 17.4 Å². The van der Waals surface area contributed by atoms with Gasteiger partial charge in [0.25, 0.3) is 5.22 Å². The molecule has 0 spiro atoms. The zero-order chi connectivity index (χ0) is 16.9. The van der Waals surface area contributed by atoms with Crippen LogP contribution in [0, 0.1) is 0 Å². The number of aromatic nitrogens is 2. The molecule has 1 aromatic heterocycles. The predicted octanol–water partition coefficient (Wildman–Crippen LogP) is 3.94. The molecule has 8 heteroatoms. The van der Waals surface area contributed by atoms with E-state index in [1.165, 1.54) is 12.1 Å². The van der Waals surface area contributed by atoms with Gasteiger partial charge in [0, 0.05) is 21.8 Å². The van der Waals surface area contributed by atoms with E-state index in [0.717, 1.165) is 21.8 Å². The minimum absolute atomic E-state index is 0.0940. The number of phenols is 1. The monoisotopic (exact) mass is 405 g/mol. The number of halogens is 1. The molecule has 3 rings (SSSR count). The summed E-state index contributed by atoms with van der Waals surface area (Å²) in [5.74, 6) is 0.390. The number of carbonyl (C=O) groups excluding carboxylic acids is 1. The number of hydrogen-bond donors (Lipinski definition) is 2. The number of hydrogen-bond acceptors (Lipinski definition) is 6. The first-order valence-corrected chi connectivity index (χ1v) is 8.69. The number of anilines is 1. The molecule has 0 radical (unpaired) electrons. The summed E-state index contributed by atoms with van der Waals surface area (Å²) in [6.07, 6.45) is 0. The molecule has 2 N–H and O–H groups in total. The molecular formula is C16H12BrN3O3S. The van der Waals surface area contributed by atoms with Gasteiger partial charge in [-0.3, -0.25) is 4.79 Å². The number of rotatable bonds is 5. The average Bonchev–Trinajstić information content (AvgIpc) is 3.03. The number of amides is 1. The third-order valence-corrected chi connectivity index (χ3v) is 4.30. The summed E-state index contributed by atoms with van der Waals surface area (Å²) in [5.41, 5.74) is 1.34. The Kier molecular flexibility index (Phi) is 5.17. The van der Waals surface area contributed by atoms with E-state index in [1.54, 1.807) is 12.1 Å². The van der Waals surface area contributed by atoms with Crippen molar-refractivity contribution in [3.05, 3.63) is 53.0 Å². The molecule has 2 aromatic carbocycles. The summed E-state index contributed by atoms with van der Waals surface area (Å²) < 4.78 is 6.50. The van der Waals surface area contributed by atoms with Crippen LogP contribution in [-0.2, 0) is 4.79 Å². The predicted molar refractivity (Wildman–Crippen MR) is 94.9 cm³/mol. The molecule has 1 heterocycles. The van der Waals surface area contributed by atoms with Crippen LogP contribution in [0.15, 0.2) is 62.6 Å². The molecule has 1 amide bonds. The minimum Gasteiger partial charge on any atom is -0.508 e. The Balaban J connectivity index is 1.57. The van der Waals surface area contributed by atoms with Crippen molar-refractivity contribution in [3.8, 4) is 17.2 Å². The Morgan fingerprint density at radius 3 is 2.75 bits per heavy atom. The standard InChI is InChI=1S/C16H12BrN3O3S/c17-11-6-4-10(5-7-11)15-19-20-16(23-15)24-9-14(22)18-12-2-1-3-13(21)8-12/h1-8,21H,9H2,(H,18,22). The van der Waals surface area contributed by atoms with E-state index in [1.807, 2.05) is 24.3 Å². The largest absolute Gasteiger partial charge is 0.508 e. The minimum atomic E-state index is -0.228. The Morgan fingerprint density at radius 1 is 1.21 bits per heavy atom. The lowest BCUT2D eigenvalue weighted by molar-refractivity contribution is -0.113. The molecule has 0 fully saturated rings. The smallest absolute Gasteiger partial charge is 0.277 e. The Hall–Kier alpha value is -2.32. The highest BCUT2D eigenvalue weighted by Gasteiger charge is 2.11. The lowest BCUT2D eigenvalue weighted by Gasteiger charge is -2.03. The molecule has 0 saturated heterocycles. The molecule has 0 aliphatic carbocycles. The summed E-state index contributed by atoms with van der Waals surface area (Å²) in [6.45, 7) is 0. The summed E-state index contributed by atoms with van der Waals surface area (Å²) in [6, 6.07) is 13.8. The summed E-state index contributed by atoms with van der Waals surface area (Å²) >= 11 is 4.51. The number of benzene rings is 2. The van der Waals surface area contributed by atoms with Crippen molar-refractivity contribution in [1.29, 1.82) is 0 Å². The van der Waals surface area contributed by atoms with Crippen LogP contribution in [0.4, 0.5) is 5.69 Å². The fourth-order valence-corrected chi connectivity index (χ4v) is 2.71. The summed E-state index contributed by atoms with van der Waals surface area (Å²) in [7, 11) is 0. The van der Waals surface area contributed by atoms with Gasteiger partial charge in [-0.25, -0.2) is 0 Å². The van der Waals surface area contributed by atoms with Crippen LogP contribution in [0.3, 0.4) is 0 Å². The summed E-state index contributed by atoms with van der Waals surface area (Å²) in [5, 5.41) is 20.3. The molecule has 0 aliphatic heterocycles. The number of phenolic OH excluding ortho intramolecular Hbond substituents is 1. The van der Waals surface area contributed by atoms with Gasteiger partial charge in [-0.1, -0.05) is 33.8 Å². The van der Waals surface area contributed by atoms with E-state index in [9.17, 15) is 9.90 Å². The number of nitrogens with one attached hydrogen (secondary N) is 1. The lowest BCUT2D eigenvalue weighted by Crippen LogP contribution is -2.13. The first-order valence-electron chi connectivity index (χ1n) is 6.91. The molecule has 122 valence electrons. The van der Waals surface area contributed by atoms with Gasteiger partial charge >= 0.3 is 0 Å². The van der Waals surface area contributed by atoms with E-state index in [2.05, 4.69) is 31.4 Å². The first-order chi connectivity index (χ1) is 11.6. The number of nitrogens with zero attached hydrogens (tertiary/aromatic N) is 2. The maximum atomic E-state index is 11.9. The molecule has 0 atom stereocenters. The molecule has 0 bridgehead atoms. The molecule has 3 aromatic rings. The SMILES string of the molecule is O=C(CSc1nnc(-c2ccc(Br)cc2)o1)Nc1cccc(O)c1. The van der Waals surface area contributed by atoms with Gasteiger partial charge in [-0.05, 0) is 36.4 Å². The quantitative estimate of drug-likeness (QED) is 0.625. The first kappa shape index (κ1) is 16.5. The third-order valence-electron chi connectivity index (χ3n) is 2.95. The van der Waals surface area contributed by atoms with Crippen LogP contribution >= 0.6 is 27.7 Å². The Morgan fingerprint density at radius 2 is 2.00 bits per heavy atom. The normalized spacial score (nSPS) is 10.5. The highest BCUT2D eigenvalue weighted by molar-refractivity contribution is 9.10. The second kappa shape index (κ2) is 7.50. The zero-order valence-corrected chi connectivity index (χ0v) is 14.7. The van der Waals surface area contributed by atoms with Crippen LogP contribution in [0.5, 0.6) is 5.75 Å². The van der Waals surface area contributed by atoms with Crippen molar-refractivity contribution in [3.63, 3.8) is 0 Å². The number of thioether (sulfide) groups is 1. The van der Waals surface area contributed by atoms with Gasteiger partial charge in [0.2, 0.25) is 11.8 Å². The molecule has 0 aliphatic rings. The second-order valence-corrected chi connectivity index (χ2v) is 6.61. The van der Waals surface area contributed by atoms with Crippen LogP contribution in [-0.4, -0.2) is 27.0 Å². The topological polar surface area (TPSA) is 88.2 Å². The summed E-state index contributed by atoms with van der Waals surface area (Å²) in [4.78, 5) is 11.9. The maximum Gasteiger partial charge on any atom is 0.277 e. The van der Waals surface area contributed by atoms with E-state index >= 15 is 0 Å². The molecule has 6 nitrogen and oxygen atoms in total. The highest BCUT2D eigenvalue weighted by atomic mass is 79.9. The fraction of sp³-hybridized carbons (Fsp3) is 0.0625. The van der Waals surface area contributed by atoms with Crippen LogP contribution in [0.1, 0.15) is 0 Å². The van der Waals surface area contributed by atoms with Crippen molar-refractivity contribution < 1.29 is 14.3 Å². The van der Waals surface area contributed by atoms with Gasteiger partial charge in [0.05, 0.1) is 5.75 Å². The molecule has 24 heavy (non-hydrogen) atoms. The van der Waals surface area contributed by atoms with Gasteiger partial charge < -0.3 is 14.8 Å². The fourth-order valence-electron chi connectivity index (χ4n) is 1.89. The van der Waals surface area contributed by atoms with Gasteiger partial charge in [-0.2, -0.15) is 0 Å². The number of carbonyl (C=O) groups is 1. The maximum absolute atomic E-state index is 11.9. The Bertz CT molecular complexity index is 852. The van der Waals surface area contributed by atoms with Crippen LogP contribution < -0.4 is 5.32 Å². The van der Waals surface area contributed by atoms with Crippen LogP contribution in [0.25, 0.3) is 11.5 Å². The van der Waals surface area contributed by atoms with Crippen molar-refractivity contribution in [1.82, 2.24) is 10.2 Å². The molecule has 0 saturated carbocycles. The third kappa shape index (κ3) is 4.36. The van der Waals surface area contributed by atoms with Crippen LogP contribution in [0.2, 0.25) is 0 Å². The molecule has 0 unspecified atom stereocenters. The Labute approximate surface area is 150 Å². The van der Waals surface area contributed by atoms with Crippen molar-refractivity contribution in [2.45, 2.75) is 5.22 Å². The van der Waals surface area contributed by atoms with E-state index < -0.39 is 0 Å². The van der Waals surface area contributed by atoms with Crippen molar-refractivity contribution in [2.75, 3.05) is 11.1 Å². The number of aromatic hydroxyl groups is 1. The lowest BCUT2D eigenvalue weighted by atomic mass is 10.2. The average molecular weight is 406 g/mol.